The van der Waals surface area contributed by atoms with E-state index in [2.05, 4.69) is 27.6 Å². The molecule has 2 aromatic rings. The first-order chi connectivity index (χ1) is 9.18. The van der Waals surface area contributed by atoms with E-state index in [-0.39, 0.29) is 5.91 Å². The van der Waals surface area contributed by atoms with Gasteiger partial charge in [-0.1, -0.05) is 18.2 Å². The fourth-order valence-electron chi connectivity index (χ4n) is 2.17. The summed E-state index contributed by atoms with van der Waals surface area (Å²) in [6.07, 6.45) is 5.44. The average molecular weight is 362 g/mol. The quantitative estimate of drug-likeness (QED) is 0.730. The Balaban J connectivity index is 2.16. The van der Waals surface area contributed by atoms with Crippen LogP contribution in [0.5, 0.6) is 0 Å². The Bertz CT molecular complexity index is 694. The lowest BCUT2D eigenvalue weighted by molar-refractivity contribution is 0.0875. The van der Waals surface area contributed by atoms with E-state index in [1.54, 1.807) is 30.4 Å². The number of hydrogen-bond acceptors (Lipinski definition) is 2. The van der Waals surface area contributed by atoms with Gasteiger partial charge >= 0.3 is 0 Å². The van der Waals surface area contributed by atoms with E-state index in [4.69, 9.17) is 0 Å². The summed E-state index contributed by atoms with van der Waals surface area (Å²) in [6.45, 7) is 0. The maximum atomic E-state index is 12.1. The Labute approximate surface area is 125 Å². The van der Waals surface area contributed by atoms with Gasteiger partial charge in [0.1, 0.15) is 0 Å². The second-order valence-electron chi connectivity index (χ2n) is 4.34. The molecule has 1 aliphatic heterocycles. The van der Waals surface area contributed by atoms with Crippen LogP contribution in [-0.2, 0) is 0 Å². The number of hydrogen-bond donors (Lipinski definition) is 0. The van der Waals surface area contributed by atoms with Crippen LogP contribution in [0.15, 0.2) is 42.7 Å². The summed E-state index contributed by atoms with van der Waals surface area (Å²) in [4.78, 5) is 17.9. The summed E-state index contributed by atoms with van der Waals surface area (Å²) < 4.78 is 1.16. The van der Waals surface area contributed by atoms with Crippen LogP contribution in [0.1, 0.15) is 21.5 Å². The van der Waals surface area contributed by atoms with E-state index in [0.29, 0.717) is 0 Å². The third kappa shape index (κ3) is 2.06. The van der Waals surface area contributed by atoms with Gasteiger partial charge in [0, 0.05) is 28.6 Å². The Morgan fingerprint density at radius 1 is 1.21 bits per heavy atom. The van der Waals surface area contributed by atoms with E-state index in [1.807, 2.05) is 30.3 Å². The Morgan fingerprint density at radius 3 is 2.79 bits per heavy atom. The monoisotopic (exact) mass is 362 g/mol. The first kappa shape index (κ1) is 12.3. The largest absolute Gasteiger partial charge is 0.311 e. The minimum Gasteiger partial charge on any atom is -0.311 e. The fraction of sp³-hybridized carbons (Fsp3) is 0.0667. The van der Waals surface area contributed by atoms with Crippen LogP contribution < -0.4 is 0 Å². The van der Waals surface area contributed by atoms with Gasteiger partial charge in [-0.3, -0.25) is 9.78 Å². The van der Waals surface area contributed by atoms with Crippen LogP contribution >= 0.6 is 22.6 Å². The van der Waals surface area contributed by atoms with E-state index < -0.39 is 0 Å². The van der Waals surface area contributed by atoms with Crippen molar-refractivity contribution in [1.82, 2.24) is 9.88 Å². The molecule has 19 heavy (non-hydrogen) atoms. The van der Waals surface area contributed by atoms with Gasteiger partial charge in [0.15, 0.2) is 0 Å². The lowest BCUT2D eigenvalue weighted by Gasteiger charge is -2.11. The van der Waals surface area contributed by atoms with Gasteiger partial charge in [-0.15, -0.1) is 0 Å². The number of amides is 1. The molecule has 0 aliphatic carbocycles. The Hall–Kier alpha value is -1.69. The molecule has 3 rings (SSSR count). The predicted octanol–water partition coefficient (Wildman–Crippen LogP) is 3.27. The average Bonchev–Trinajstić information content (AvgIpc) is 2.67. The molecule has 0 unspecified atom stereocenters. The zero-order valence-electron chi connectivity index (χ0n) is 10.3. The number of nitrogens with zero attached hydrogens (tertiary/aromatic N) is 2. The zero-order valence-corrected chi connectivity index (χ0v) is 12.5. The topological polar surface area (TPSA) is 33.2 Å². The molecule has 1 aromatic heterocycles. The number of carbonyl (C=O) groups excluding carboxylic acids is 1. The van der Waals surface area contributed by atoms with Crippen LogP contribution in [0.3, 0.4) is 0 Å². The summed E-state index contributed by atoms with van der Waals surface area (Å²) in [6, 6.07) is 9.86. The van der Waals surface area contributed by atoms with Crippen LogP contribution in [0.4, 0.5) is 0 Å². The standard InChI is InChI=1S/C15H11IN2O/c1-18-14(8-10-4-2-3-5-13(10)16)12-9-17-7-6-11(12)15(18)19/h2-9H,1H3/b14-8+. The number of pyridine rings is 1. The smallest absolute Gasteiger partial charge is 0.258 e. The predicted molar refractivity (Wildman–Crippen MR) is 83.4 cm³/mol. The Kier molecular flexibility index (Phi) is 3.10. The molecule has 0 fully saturated rings. The van der Waals surface area contributed by atoms with Crippen LogP contribution in [0.25, 0.3) is 11.8 Å². The molecular formula is C15H11IN2O. The van der Waals surface area contributed by atoms with Crippen molar-refractivity contribution in [3.8, 4) is 0 Å². The number of fused-ring (bicyclic) bond motifs is 1. The lowest BCUT2D eigenvalue weighted by Crippen LogP contribution is -2.17. The molecule has 0 spiro atoms. The molecule has 1 aromatic carbocycles. The number of rotatable bonds is 1. The van der Waals surface area contributed by atoms with Crippen molar-refractivity contribution in [2.45, 2.75) is 0 Å². The van der Waals surface area contributed by atoms with E-state index in [1.165, 1.54) is 0 Å². The first-order valence-electron chi connectivity index (χ1n) is 5.87. The van der Waals surface area contributed by atoms with E-state index >= 15 is 0 Å². The highest BCUT2D eigenvalue weighted by Crippen LogP contribution is 2.32. The molecule has 0 bridgehead atoms. The molecule has 1 amide bonds. The maximum absolute atomic E-state index is 12.1. The Morgan fingerprint density at radius 2 is 2.00 bits per heavy atom. The van der Waals surface area contributed by atoms with Crippen molar-refractivity contribution >= 4 is 40.3 Å². The first-order valence-corrected chi connectivity index (χ1v) is 6.95. The van der Waals surface area contributed by atoms with Crippen LogP contribution in [0, 0.1) is 3.57 Å². The summed E-state index contributed by atoms with van der Waals surface area (Å²) in [5.41, 5.74) is 3.62. The molecule has 3 nitrogen and oxygen atoms in total. The summed E-state index contributed by atoms with van der Waals surface area (Å²) >= 11 is 2.30. The molecule has 0 radical (unpaired) electrons. The zero-order chi connectivity index (χ0) is 13.4. The summed E-state index contributed by atoms with van der Waals surface area (Å²) in [5.74, 6) is 0.0228. The van der Waals surface area contributed by atoms with Crippen molar-refractivity contribution in [2.24, 2.45) is 0 Å². The van der Waals surface area contributed by atoms with Crippen molar-refractivity contribution in [3.63, 3.8) is 0 Å². The molecule has 0 N–H and O–H groups in total. The number of aromatic nitrogens is 1. The number of carbonyl (C=O) groups is 1. The van der Waals surface area contributed by atoms with Gasteiger partial charge in [-0.05, 0) is 46.4 Å². The normalized spacial score (nSPS) is 16.0. The second kappa shape index (κ2) is 4.77. The number of halogens is 1. The van der Waals surface area contributed by atoms with Gasteiger partial charge in [0.25, 0.3) is 5.91 Å². The third-order valence-corrected chi connectivity index (χ3v) is 4.17. The molecule has 4 heteroatoms. The molecule has 1 aliphatic rings. The molecule has 0 atom stereocenters. The highest BCUT2D eigenvalue weighted by molar-refractivity contribution is 14.1. The molecule has 0 saturated carbocycles. The fourth-order valence-corrected chi connectivity index (χ4v) is 2.71. The summed E-state index contributed by atoms with van der Waals surface area (Å²) in [5, 5.41) is 0. The molecular weight excluding hydrogens is 351 g/mol. The summed E-state index contributed by atoms with van der Waals surface area (Å²) in [7, 11) is 1.80. The van der Waals surface area contributed by atoms with Crippen LogP contribution in [0.2, 0.25) is 0 Å². The molecule has 0 saturated heterocycles. The van der Waals surface area contributed by atoms with Gasteiger partial charge in [-0.2, -0.15) is 0 Å². The maximum Gasteiger partial charge on any atom is 0.258 e. The van der Waals surface area contributed by atoms with Gasteiger partial charge in [-0.25, -0.2) is 0 Å². The second-order valence-corrected chi connectivity index (χ2v) is 5.50. The van der Waals surface area contributed by atoms with Crippen molar-refractivity contribution < 1.29 is 4.79 Å². The van der Waals surface area contributed by atoms with Crippen LogP contribution in [-0.4, -0.2) is 22.8 Å². The highest BCUT2D eigenvalue weighted by atomic mass is 127. The third-order valence-electron chi connectivity index (χ3n) is 3.19. The van der Waals surface area contributed by atoms with Gasteiger partial charge in [0.05, 0.1) is 11.3 Å². The highest BCUT2D eigenvalue weighted by Gasteiger charge is 2.29. The van der Waals surface area contributed by atoms with Crippen molar-refractivity contribution in [3.05, 3.63) is 63.0 Å². The molecule has 94 valence electrons. The lowest BCUT2D eigenvalue weighted by atomic mass is 10.1. The molecule has 2 heterocycles. The van der Waals surface area contributed by atoms with E-state index in [0.717, 1.165) is 26.0 Å². The SMILES string of the molecule is CN1C(=O)c2ccncc2/C1=C\c1ccccc1I. The van der Waals surface area contributed by atoms with Crippen molar-refractivity contribution in [1.29, 1.82) is 0 Å². The van der Waals surface area contributed by atoms with Gasteiger partial charge in [0.2, 0.25) is 0 Å². The van der Waals surface area contributed by atoms with E-state index in [9.17, 15) is 4.79 Å². The van der Waals surface area contributed by atoms with Gasteiger partial charge < -0.3 is 4.90 Å². The van der Waals surface area contributed by atoms with Crippen molar-refractivity contribution in [2.75, 3.05) is 7.05 Å². The minimum atomic E-state index is 0.0228. The minimum absolute atomic E-state index is 0.0228. The number of benzene rings is 1.